The van der Waals surface area contributed by atoms with E-state index in [1.54, 1.807) is 41.5 Å². The molecule has 13 nitrogen and oxygen atoms in total. The molecular formula is C28H52O13. The molecule has 0 bridgehead atoms. The minimum Gasteiger partial charge on any atom is -0.465 e. The van der Waals surface area contributed by atoms with E-state index < -0.39 is 22.8 Å². The largest absolute Gasteiger partial charge is 0.465 e. The molecule has 0 rings (SSSR count). The van der Waals surface area contributed by atoms with E-state index in [2.05, 4.69) is 0 Å². The van der Waals surface area contributed by atoms with Crippen molar-refractivity contribution in [2.75, 3.05) is 72.7 Å². The minimum atomic E-state index is -0.928. The average Bonchev–Trinajstić information content (AvgIpc) is 2.99. The Morgan fingerprint density at radius 3 is 1.10 bits per heavy atom. The fourth-order valence-electron chi connectivity index (χ4n) is 3.49. The lowest BCUT2D eigenvalue weighted by Crippen LogP contribution is -2.42. The Labute approximate surface area is 244 Å². The smallest absolute Gasteiger partial charge is 0.305 e. The Kier molecular flexibility index (Phi) is 23.6. The second-order valence-electron chi connectivity index (χ2n) is 9.47. The van der Waals surface area contributed by atoms with Gasteiger partial charge in [-0.3, -0.25) is 14.4 Å². The van der Waals surface area contributed by atoms with Crippen LogP contribution in [-0.4, -0.2) is 90.6 Å². The molecule has 0 saturated carbocycles. The molecule has 0 fully saturated rings. The van der Waals surface area contributed by atoms with Crippen LogP contribution < -0.4 is 0 Å². The maximum Gasteiger partial charge on any atom is 0.305 e. The zero-order valence-corrected chi connectivity index (χ0v) is 25.8. The van der Waals surface area contributed by atoms with E-state index >= 15 is 0 Å². The quantitative estimate of drug-likeness (QED) is 0.0424. The third-order valence-corrected chi connectivity index (χ3v) is 6.05. The Balaban J connectivity index is 5.95. The first-order valence-corrected chi connectivity index (χ1v) is 14.5. The molecular weight excluding hydrogens is 544 g/mol. The van der Waals surface area contributed by atoms with E-state index in [-0.39, 0.29) is 78.1 Å². The second-order valence-corrected chi connectivity index (χ2v) is 9.47. The highest BCUT2D eigenvalue weighted by atomic mass is 17.2. The number of esters is 3. The number of carbonyl (C=O) groups is 3. The zero-order valence-electron chi connectivity index (χ0n) is 25.8. The number of ether oxygens (including phenoxy) is 4. The van der Waals surface area contributed by atoms with Gasteiger partial charge >= 0.3 is 17.9 Å². The third-order valence-electron chi connectivity index (χ3n) is 6.05. The number of hydrogen-bond donors (Lipinski definition) is 0. The van der Waals surface area contributed by atoms with Crippen LogP contribution in [0.1, 0.15) is 80.1 Å². The van der Waals surface area contributed by atoms with Gasteiger partial charge < -0.3 is 18.9 Å². The van der Waals surface area contributed by atoms with Gasteiger partial charge in [0.2, 0.25) is 0 Å². The molecule has 0 aliphatic rings. The van der Waals surface area contributed by atoms with Gasteiger partial charge in [-0.05, 0) is 40.0 Å². The van der Waals surface area contributed by atoms with Gasteiger partial charge in [0.05, 0.1) is 64.9 Å². The molecule has 0 aliphatic heterocycles. The lowest BCUT2D eigenvalue weighted by molar-refractivity contribution is -0.303. The van der Waals surface area contributed by atoms with Crippen LogP contribution in [0.15, 0.2) is 0 Å². The van der Waals surface area contributed by atoms with Crippen LogP contribution in [0.5, 0.6) is 0 Å². The first-order valence-electron chi connectivity index (χ1n) is 14.5. The van der Waals surface area contributed by atoms with Crippen LogP contribution in [0.25, 0.3) is 0 Å². The van der Waals surface area contributed by atoms with Crippen molar-refractivity contribution in [1.82, 2.24) is 0 Å². The van der Waals surface area contributed by atoms with Gasteiger partial charge in [0.15, 0.2) is 0 Å². The maximum absolute atomic E-state index is 12.1. The van der Waals surface area contributed by atoms with Crippen molar-refractivity contribution >= 4 is 17.9 Å². The average molecular weight is 597 g/mol. The van der Waals surface area contributed by atoms with Crippen LogP contribution >= 0.6 is 0 Å². The number of hydrogen-bond acceptors (Lipinski definition) is 13. The van der Waals surface area contributed by atoms with Crippen LogP contribution in [0.2, 0.25) is 0 Å². The molecule has 0 amide bonds. The van der Waals surface area contributed by atoms with Crippen LogP contribution in [0.4, 0.5) is 0 Å². The van der Waals surface area contributed by atoms with Crippen LogP contribution in [0.3, 0.4) is 0 Å². The summed E-state index contributed by atoms with van der Waals surface area (Å²) in [7, 11) is 0. The second kappa shape index (κ2) is 24.7. The Morgan fingerprint density at radius 1 is 0.439 bits per heavy atom. The predicted octanol–water partition coefficient (Wildman–Crippen LogP) is 3.91. The summed E-state index contributed by atoms with van der Waals surface area (Å²) in [6, 6.07) is 0. The maximum atomic E-state index is 12.1. The van der Waals surface area contributed by atoms with Crippen molar-refractivity contribution in [1.29, 1.82) is 0 Å². The standard InChI is InChI=1S/C28H52O13/c1-7-24(29)33-21-27(13-16-39-36-10-4,14-17-40-37-11-5)19-32-20-28(15-18-41-38-12-6,22-34-25(30)8-2)23-35-26(31)9-3/h7-23H2,1-6H3. The van der Waals surface area contributed by atoms with E-state index in [0.29, 0.717) is 39.1 Å². The molecule has 0 aromatic carbocycles. The van der Waals surface area contributed by atoms with Gasteiger partial charge in [-0.25, -0.2) is 29.3 Å². The van der Waals surface area contributed by atoms with Gasteiger partial charge in [0.1, 0.15) is 13.2 Å². The molecule has 0 aromatic rings. The zero-order chi connectivity index (χ0) is 30.8. The molecule has 0 aliphatic carbocycles. The summed E-state index contributed by atoms with van der Waals surface area (Å²) in [6.07, 6.45) is 1.72. The van der Waals surface area contributed by atoms with Crippen molar-refractivity contribution in [3.05, 3.63) is 0 Å². The summed E-state index contributed by atoms with van der Waals surface area (Å²) in [5, 5.41) is 0. The molecule has 0 unspecified atom stereocenters. The lowest BCUT2D eigenvalue weighted by atomic mass is 9.82. The van der Waals surface area contributed by atoms with E-state index in [1.807, 2.05) is 0 Å². The van der Waals surface area contributed by atoms with Gasteiger partial charge in [-0.1, -0.05) is 20.8 Å². The molecule has 0 radical (unpaired) electrons. The first-order chi connectivity index (χ1) is 19.8. The molecule has 0 spiro atoms. The van der Waals surface area contributed by atoms with Crippen LogP contribution in [-0.2, 0) is 62.7 Å². The summed E-state index contributed by atoms with van der Waals surface area (Å²) in [4.78, 5) is 67.0. The monoisotopic (exact) mass is 596 g/mol. The Hall–Kier alpha value is -1.87. The van der Waals surface area contributed by atoms with Gasteiger partial charge in [0, 0.05) is 24.7 Å². The van der Waals surface area contributed by atoms with Crippen molar-refractivity contribution in [3.8, 4) is 0 Å². The van der Waals surface area contributed by atoms with E-state index in [1.165, 1.54) is 0 Å². The Morgan fingerprint density at radius 2 is 0.756 bits per heavy atom. The summed E-state index contributed by atoms with van der Waals surface area (Å²) < 4.78 is 22.8. The summed E-state index contributed by atoms with van der Waals surface area (Å²) in [5.41, 5.74) is -1.66. The first kappa shape index (κ1) is 39.1. The lowest BCUT2D eigenvalue weighted by Gasteiger charge is -2.36. The molecule has 0 aromatic heterocycles. The molecule has 0 heterocycles. The molecule has 0 N–H and O–H groups in total. The third kappa shape index (κ3) is 19.0. The predicted molar refractivity (Wildman–Crippen MR) is 146 cm³/mol. The molecule has 41 heavy (non-hydrogen) atoms. The SMILES string of the molecule is CCOOCCC(CCOOCC)(COCC(CCOOCC)(COC(=O)CC)COC(=O)CC)COC(=O)CC. The molecule has 0 atom stereocenters. The highest BCUT2D eigenvalue weighted by molar-refractivity contribution is 5.69. The van der Waals surface area contributed by atoms with Crippen molar-refractivity contribution in [2.24, 2.45) is 10.8 Å². The molecule has 242 valence electrons. The van der Waals surface area contributed by atoms with Gasteiger partial charge in [0.25, 0.3) is 0 Å². The minimum absolute atomic E-state index is 0.0403. The highest BCUT2D eigenvalue weighted by Crippen LogP contribution is 2.32. The highest BCUT2D eigenvalue weighted by Gasteiger charge is 2.38. The summed E-state index contributed by atoms with van der Waals surface area (Å²) >= 11 is 0. The fraction of sp³-hybridized carbons (Fsp3) is 0.893. The van der Waals surface area contributed by atoms with Crippen molar-refractivity contribution in [3.63, 3.8) is 0 Å². The fourth-order valence-corrected chi connectivity index (χ4v) is 3.49. The normalized spacial score (nSPS) is 11.9. The van der Waals surface area contributed by atoms with E-state index in [9.17, 15) is 14.4 Å². The van der Waals surface area contributed by atoms with Gasteiger partial charge in [-0.2, -0.15) is 0 Å². The number of rotatable bonds is 28. The van der Waals surface area contributed by atoms with Crippen LogP contribution in [0, 0.1) is 10.8 Å². The summed E-state index contributed by atoms with van der Waals surface area (Å²) in [6.45, 7) is 12.2. The van der Waals surface area contributed by atoms with Gasteiger partial charge in [-0.15, -0.1) is 0 Å². The number of carbonyl (C=O) groups excluding carboxylic acids is 3. The van der Waals surface area contributed by atoms with Crippen molar-refractivity contribution < 1.29 is 62.7 Å². The summed E-state index contributed by atoms with van der Waals surface area (Å²) in [5.74, 6) is -1.15. The Bertz CT molecular complexity index is 654. The van der Waals surface area contributed by atoms with E-state index in [4.69, 9.17) is 48.3 Å². The molecule has 0 saturated heterocycles. The van der Waals surface area contributed by atoms with Crippen molar-refractivity contribution in [2.45, 2.75) is 80.1 Å². The topological polar surface area (TPSA) is 144 Å². The molecule has 13 heteroatoms. The van der Waals surface area contributed by atoms with E-state index in [0.717, 1.165) is 0 Å².